The van der Waals surface area contributed by atoms with Crippen molar-refractivity contribution in [3.05, 3.63) is 0 Å². The first-order valence-electron chi connectivity index (χ1n) is 7.79. The minimum Gasteiger partial charge on any atom is -0.379 e. The van der Waals surface area contributed by atoms with Gasteiger partial charge in [0.15, 0.2) is 5.96 Å². The fourth-order valence-corrected chi connectivity index (χ4v) is 2.19. The van der Waals surface area contributed by atoms with Gasteiger partial charge in [0.05, 0.1) is 19.6 Å². The first kappa shape index (κ1) is 22.7. The van der Waals surface area contributed by atoms with Crippen LogP contribution in [-0.2, 0) is 4.74 Å². The van der Waals surface area contributed by atoms with E-state index in [-0.39, 0.29) is 30.5 Å². The molecular formula is C14H28F3IN4O. The Morgan fingerprint density at radius 2 is 1.91 bits per heavy atom. The van der Waals surface area contributed by atoms with Crippen LogP contribution in [0.3, 0.4) is 0 Å². The van der Waals surface area contributed by atoms with Gasteiger partial charge in [-0.3, -0.25) is 9.89 Å². The minimum atomic E-state index is -4.14. The van der Waals surface area contributed by atoms with E-state index in [1.165, 1.54) is 0 Å². The number of halogens is 4. The SMILES string of the molecule is CCNC(=NCC(C)CN1CCOCC1)NCCC(F)(F)F.I. The van der Waals surface area contributed by atoms with Crippen LogP contribution in [0, 0.1) is 5.92 Å². The van der Waals surface area contributed by atoms with Crippen LogP contribution in [0.2, 0.25) is 0 Å². The second-order valence-corrected chi connectivity index (χ2v) is 5.53. The maximum atomic E-state index is 12.2. The van der Waals surface area contributed by atoms with Gasteiger partial charge < -0.3 is 15.4 Å². The zero-order chi connectivity index (χ0) is 16.4. The smallest absolute Gasteiger partial charge is 0.379 e. The third kappa shape index (κ3) is 11.8. The maximum Gasteiger partial charge on any atom is 0.390 e. The largest absolute Gasteiger partial charge is 0.390 e. The van der Waals surface area contributed by atoms with Gasteiger partial charge in [0.1, 0.15) is 0 Å². The molecule has 5 nitrogen and oxygen atoms in total. The number of morpholine rings is 1. The lowest BCUT2D eigenvalue weighted by atomic mass is 10.1. The molecule has 1 fully saturated rings. The van der Waals surface area contributed by atoms with Gasteiger partial charge in [-0.15, -0.1) is 24.0 Å². The van der Waals surface area contributed by atoms with Crippen molar-refractivity contribution in [1.82, 2.24) is 15.5 Å². The van der Waals surface area contributed by atoms with Gasteiger partial charge in [0.2, 0.25) is 0 Å². The van der Waals surface area contributed by atoms with Crippen molar-refractivity contribution in [2.75, 3.05) is 52.5 Å². The molecule has 1 aliphatic rings. The van der Waals surface area contributed by atoms with Crippen molar-refractivity contribution < 1.29 is 17.9 Å². The molecule has 1 unspecified atom stereocenters. The number of guanidine groups is 1. The average molecular weight is 452 g/mol. The van der Waals surface area contributed by atoms with Gasteiger partial charge in [-0.25, -0.2) is 0 Å². The molecule has 0 amide bonds. The molecular weight excluding hydrogens is 424 g/mol. The number of ether oxygens (including phenoxy) is 1. The highest BCUT2D eigenvalue weighted by molar-refractivity contribution is 14.0. The molecule has 9 heteroatoms. The van der Waals surface area contributed by atoms with Crippen LogP contribution < -0.4 is 10.6 Å². The molecule has 1 atom stereocenters. The normalized spacial score (nSPS) is 18.2. The van der Waals surface area contributed by atoms with Crippen molar-refractivity contribution in [2.45, 2.75) is 26.4 Å². The quantitative estimate of drug-likeness (QED) is 0.353. The molecule has 2 N–H and O–H groups in total. The summed E-state index contributed by atoms with van der Waals surface area (Å²) >= 11 is 0. The van der Waals surface area contributed by atoms with Crippen LogP contribution in [0.5, 0.6) is 0 Å². The minimum absolute atomic E-state index is 0. The highest BCUT2D eigenvalue weighted by Crippen LogP contribution is 2.18. The summed E-state index contributed by atoms with van der Waals surface area (Å²) < 4.78 is 41.8. The molecule has 1 saturated heterocycles. The molecule has 23 heavy (non-hydrogen) atoms. The molecule has 0 aromatic carbocycles. The van der Waals surface area contributed by atoms with Gasteiger partial charge >= 0.3 is 6.18 Å². The number of rotatable bonds is 7. The van der Waals surface area contributed by atoms with E-state index in [1.807, 2.05) is 6.92 Å². The average Bonchev–Trinajstić information content (AvgIpc) is 2.44. The molecule has 0 aromatic rings. The van der Waals surface area contributed by atoms with Gasteiger partial charge in [0, 0.05) is 39.3 Å². The Labute approximate surface area is 153 Å². The summed E-state index contributed by atoms with van der Waals surface area (Å²) in [4.78, 5) is 6.69. The van der Waals surface area contributed by atoms with Crippen molar-refractivity contribution in [3.8, 4) is 0 Å². The molecule has 1 aliphatic heterocycles. The zero-order valence-electron chi connectivity index (χ0n) is 13.8. The second-order valence-electron chi connectivity index (χ2n) is 5.53. The van der Waals surface area contributed by atoms with Gasteiger partial charge in [-0.05, 0) is 12.8 Å². The Morgan fingerprint density at radius 1 is 1.26 bits per heavy atom. The van der Waals surface area contributed by atoms with E-state index < -0.39 is 12.6 Å². The Balaban J connectivity index is 0.00000484. The molecule has 0 aromatic heterocycles. The zero-order valence-corrected chi connectivity index (χ0v) is 16.1. The fraction of sp³-hybridized carbons (Fsp3) is 0.929. The van der Waals surface area contributed by atoms with E-state index in [1.54, 1.807) is 0 Å². The van der Waals surface area contributed by atoms with E-state index in [0.29, 0.717) is 25.0 Å². The Bertz CT molecular complexity index is 336. The Kier molecular flexibility index (Phi) is 12.0. The van der Waals surface area contributed by atoms with Crippen molar-refractivity contribution in [2.24, 2.45) is 10.9 Å². The standard InChI is InChI=1S/C14H27F3N4O.HI/c1-3-18-13(19-5-4-14(15,16)17)20-10-12(2)11-21-6-8-22-9-7-21;/h12H,3-11H2,1-2H3,(H2,18,19,20);1H. The van der Waals surface area contributed by atoms with Crippen LogP contribution >= 0.6 is 24.0 Å². The van der Waals surface area contributed by atoms with Crippen LogP contribution in [0.15, 0.2) is 4.99 Å². The number of nitrogens with zero attached hydrogens (tertiary/aromatic N) is 2. The monoisotopic (exact) mass is 452 g/mol. The third-order valence-electron chi connectivity index (χ3n) is 3.28. The van der Waals surface area contributed by atoms with Crippen molar-refractivity contribution in [1.29, 1.82) is 0 Å². The lowest BCUT2D eigenvalue weighted by molar-refractivity contribution is -0.132. The molecule has 0 bridgehead atoms. The topological polar surface area (TPSA) is 48.9 Å². The predicted molar refractivity (Wildman–Crippen MR) is 96.5 cm³/mol. The molecule has 0 radical (unpaired) electrons. The lowest BCUT2D eigenvalue weighted by Gasteiger charge is -2.28. The predicted octanol–water partition coefficient (Wildman–Crippen LogP) is 2.08. The van der Waals surface area contributed by atoms with Gasteiger partial charge in [-0.2, -0.15) is 13.2 Å². The molecule has 0 spiro atoms. The molecule has 138 valence electrons. The van der Waals surface area contributed by atoms with Gasteiger partial charge in [-0.1, -0.05) is 6.92 Å². The summed E-state index contributed by atoms with van der Waals surface area (Å²) in [5.74, 6) is 0.789. The highest BCUT2D eigenvalue weighted by atomic mass is 127. The van der Waals surface area contributed by atoms with E-state index in [2.05, 4.69) is 27.4 Å². The second kappa shape index (κ2) is 12.1. The maximum absolute atomic E-state index is 12.2. The number of alkyl halides is 3. The highest BCUT2D eigenvalue weighted by Gasteiger charge is 2.26. The summed E-state index contributed by atoms with van der Waals surface area (Å²) in [5.41, 5.74) is 0. The third-order valence-corrected chi connectivity index (χ3v) is 3.28. The molecule has 1 rings (SSSR count). The molecule has 0 aliphatic carbocycles. The first-order chi connectivity index (χ1) is 10.4. The molecule has 0 saturated carbocycles. The van der Waals surface area contributed by atoms with Crippen LogP contribution in [0.4, 0.5) is 13.2 Å². The van der Waals surface area contributed by atoms with E-state index in [9.17, 15) is 13.2 Å². The summed E-state index contributed by atoms with van der Waals surface area (Å²) in [6.45, 7) is 9.33. The summed E-state index contributed by atoms with van der Waals surface area (Å²) in [6, 6.07) is 0. The number of nitrogens with one attached hydrogen (secondary N) is 2. The van der Waals surface area contributed by atoms with Crippen molar-refractivity contribution >= 4 is 29.9 Å². The van der Waals surface area contributed by atoms with Crippen LogP contribution in [-0.4, -0.2) is 69.5 Å². The number of hydrogen-bond acceptors (Lipinski definition) is 3. The number of aliphatic imine (C=N–C) groups is 1. The fourth-order valence-electron chi connectivity index (χ4n) is 2.19. The molecule has 1 heterocycles. The Morgan fingerprint density at radius 3 is 2.48 bits per heavy atom. The summed E-state index contributed by atoms with van der Waals surface area (Å²) in [7, 11) is 0. The van der Waals surface area contributed by atoms with Crippen molar-refractivity contribution in [3.63, 3.8) is 0 Å². The summed E-state index contributed by atoms with van der Waals surface area (Å²) in [5, 5.41) is 5.69. The Hall–Kier alpha value is -0.290. The lowest BCUT2D eigenvalue weighted by Crippen LogP contribution is -2.41. The number of hydrogen-bond donors (Lipinski definition) is 2. The van der Waals surface area contributed by atoms with Crippen LogP contribution in [0.1, 0.15) is 20.3 Å². The van der Waals surface area contributed by atoms with Crippen LogP contribution in [0.25, 0.3) is 0 Å². The van der Waals surface area contributed by atoms with E-state index in [4.69, 9.17) is 4.74 Å². The summed E-state index contributed by atoms with van der Waals surface area (Å²) in [6.07, 6.45) is -5.01. The van der Waals surface area contributed by atoms with E-state index >= 15 is 0 Å². The van der Waals surface area contributed by atoms with Gasteiger partial charge in [0.25, 0.3) is 0 Å². The first-order valence-corrected chi connectivity index (χ1v) is 7.79. The van der Waals surface area contributed by atoms with E-state index in [0.717, 1.165) is 32.8 Å².